The number of benzene rings is 1. The van der Waals surface area contributed by atoms with Crippen LogP contribution in [0.25, 0.3) is 0 Å². The van der Waals surface area contributed by atoms with Crippen LogP contribution in [0.1, 0.15) is 23.7 Å². The number of amidine groups is 1. The minimum absolute atomic E-state index is 0.117. The van der Waals surface area contributed by atoms with Gasteiger partial charge >= 0.3 is 12.0 Å². The van der Waals surface area contributed by atoms with Crippen LogP contribution >= 0.6 is 0 Å². The van der Waals surface area contributed by atoms with Gasteiger partial charge in [-0.3, -0.25) is 19.5 Å². The molecule has 3 amide bonds. The normalized spacial score (nSPS) is 20.8. The van der Waals surface area contributed by atoms with Gasteiger partial charge in [0.1, 0.15) is 17.7 Å². The van der Waals surface area contributed by atoms with Crippen LogP contribution in [-0.4, -0.2) is 76.9 Å². The maximum Gasteiger partial charge on any atom is 0.401 e. The Morgan fingerprint density at radius 1 is 1.18 bits per heavy atom. The second kappa shape index (κ2) is 8.68. The van der Waals surface area contributed by atoms with Crippen molar-refractivity contribution >= 4 is 23.7 Å². The summed E-state index contributed by atoms with van der Waals surface area (Å²) in [6.07, 6.45) is 2.86. The molecule has 2 fully saturated rings. The quantitative estimate of drug-likeness (QED) is 0.621. The summed E-state index contributed by atoms with van der Waals surface area (Å²) in [4.78, 5) is 36.0. The highest BCUT2D eigenvalue weighted by molar-refractivity contribution is 6.19. The van der Waals surface area contributed by atoms with E-state index in [2.05, 4.69) is 9.47 Å². The number of amides is 3. The first-order valence-electron chi connectivity index (χ1n) is 11.3. The van der Waals surface area contributed by atoms with Gasteiger partial charge in [0.2, 0.25) is 11.9 Å². The molecular formula is C23H28FN6O3+. The molecule has 1 aromatic heterocycles. The lowest BCUT2D eigenvalue weighted by molar-refractivity contribution is -0.677. The van der Waals surface area contributed by atoms with Crippen molar-refractivity contribution in [3.63, 3.8) is 0 Å². The SMILES string of the molecule is Cc1c[n+]2c(n1CCCN1CCOCC1)N=C1C2C(=O)N(Cc2ccccc2F)C(=O)N1C. The molecule has 174 valence electrons. The number of hydrogen-bond acceptors (Lipinski definition) is 5. The molecule has 1 atom stereocenters. The molecule has 0 radical (unpaired) electrons. The molecule has 4 heterocycles. The van der Waals surface area contributed by atoms with Crippen molar-refractivity contribution in [1.82, 2.24) is 19.3 Å². The highest BCUT2D eigenvalue weighted by atomic mass is 19.1. The highest BCUT2D eigenvalue weighted by Crippen LogP contribution is 2.30. The standard InChI is InChI=1S/C23H28FN6O3/c1-16-14-29-19-20(25-22(29)28(16)9-5-8-27-10-12-33-13-11-27)26(2)23(32)30(21(19)31)15-17-6-3-4-7-18(17)24/h3-4,6-7,14,19H,5,8-13,15H2,1-2H3/q+1. The van der Waals surface area contributed by atoms with E-state index < -0.39 is 23.8 Å². The number of imidazole rings is 1. The number of carbonyl (C=O) groups excluding carboxylic acids is 2. The molecule has 3 aliphatic rings. The topological polar surface area (TPSA) is 74.3 Å². The van der Waals surface area contributed by atoms with Gasteiger partial charge in [-0.15, -0.1) is 0 Å². The summed E-state index contributed by atoms with van der Waals surface area (Å²) in [7, 11) is 1.61. The van der Waals surface area contributed by atoms with Crippen molar-refractivity contribution in [1.29, 1.82) is 0 Å². The van der Waals surface area contributed by atoms with Crippen molar-refractivity contribution in [3.8, 4) is 0 Å². The number of rotatable bonds is 6. The first-order chi connectivity index (χ1) is 16.0. The maximum absolute atomic E-state index is 14.2. The lowest BCUT2D eigenvalue weighted by atomic mass is 10.1. The number of nitrogens with zero attached hydrogens (tertiary/aromatic N) is 6. The summed E-state index contributed by atoms with van der Waals surface area (Å²) in [5, 5.41) is 0. The zero-order valence-corrected chi connectivity index (χ0v) is 18.9. The van der Waals surface area contributed by atoms with Gasteiger partial charge in [0.25, 0.3) is 5.91 Å². The molecule has 0 aliphatic carbocycles. The van der Waals surface area contributed by atoms with Crippen molar-refractivity contribution in [2.24, 2.45) is 4.99 Å². The largest absolute Gasteiger partial charge is 0.401 e. The average molecular weight is 456 g/mol. The minimum atomic E-state index is -0.728. The summed E-state index contributed by atoms with van der Waals surface area (Å²) < 4.78 is 23.5. The van der Waals surface area contributed by atoms with Crippen molar-refractivity contribution in [2.45, 2.75) is 32.5 Å². The van der Waals surface area contributed by atoms with E-state index >= 15 is 0 Å². The number of aromatic nitrogens is 2. The number of fused-ring (bicyclic) bond motifs is 3. The minimum Gasteiger partial charge on any atom is -0.379 e. The fourth-order valence-corrected chi connectivity index (χ4v) is 4.73. The average Bonchev–Trinajstić information content (AvgIpc) is 3.32. The van der Waals surface area contributed by atoms with E-state index in [4.69, 9.17) is 9.73 Å². The van der Waals surface area contributed by atoms with E-state index in [1.54, 1.807) is 25.2 Å². The number of carbonyl (C=O) groups is 2. The number of aryl methyl sites for hydroxylation is 1. The number of urea groups is 1. The zero-order chi connectivity index (χ0) is 23.1. The van der Waals surface area contributed by atoms with E-state index in [0.29, 0.717) is 17.3 Å². The van der Waals surface area contributed by atoms with Gasteiger partial charge in [0.05, 0.1) is 26.3 Å². The van der Waals surface area contributed by atoms with Gasteiger partial charge in [0.15, 0.2) is 0 Å². The lowest BCUT2D eigenvalue weighted by Crippen LogP contribution is -2.62. The Morgan fingerprint density at radius 3 is 2.70 bits per heavy atom. The van der Waals surface area contributed by atoms with E-state index in [0.717, 1.165) is 56.4 Å². The molecule has 0 bridgehead atoms. The first kappa shape index (κ1) is 21.7. The molecule has 10 heteroatoms. The smallest absolute Gasteiger partial charge is 0.379 e. The third-order valence-corrected chi connectivity index (χ3v) is 6.57. The summed E-state index contributed by atoms with van der Waals surface area (Å²) in [6, 6.07) is 4.96. The summed E-state index contributed by atoms with van der Waals surface area (Å²) in [6.45, 7) is 7.04. The second-order valence-corrected chi connectivity index (χ2v) is 8.67. The van der Waals surface area contributed by atoms with Crippen LogP contribution < -0.4 is 4.57 Å². The Hall–Kier alpha value is -3.11. The van der Waals surface area contributed by atoms with Gasteiger partial charge in [0, 0.05) is 32.2 Å². The van der Waals surface area contributed by atoms with E-state index in [1.807, 2.05) is 17.7 Å². The predicted molar refractivity (Wildman–Crippen MR) is 117 cm³/mol. The molecule has 2 aromatic rings. The summed E-state index contributed by atoms with van der Waals surface area (Å²) >= 11 is 0. The van der Waals surface area contributed by atoms with Crippen LogP contribution in [0.2, 0.25) is 0 Å². The molecule has 0 spiro atoms. The van der Waals surface area contributed by atoms with Crippen LogP contribution in [-0.2, 0) is 22.6 Å². The number of aliphatic imine (C=N–C) groups is 1. The number of likely N-dealkylation sites (N-methyl/N-ethyl adjacent to an activating group) is 1. The molecule has 3 aliphatic heterocycles. The van der Waals surface area contributed by atoms with Crippen LogP contribution in [0.5, 0.6) is 0 Å². The maximum atomic E-state index is 14.2. The molecular weight excluding hydrogens is 427 g/mol. The molecule has 9 nitrogen and oxygen atoms in total. The summed E-state index contributed by atoms with van der Waals surface area (Å²) in [5.74, 6) is 0.235. The van der Waals surface area contributed by atoms with Gasteiger partial charge in [-0.2, -0.15) is 0 Å². The van der Waals surface area contributed by atoms with Crippen molar-refractivity contribution in [3.05, 3.63) is 47.5 Å². The third kappa shape index (κ3) is 3.83. The number of hydrogen-bond donors (Lipinski definition) is 0. The highest BCUT2D eigenvalue weighted by Gasteiger charge is 2.53. The molecule has 33 heavy (non-hydrogen) atoms. The Kier molecular flexibility index (Phi) is 5.71. The Balaban J connectivity index is 1.37. The molecule has 2 saturated heterocycles. The second-order valence-electron chi connectivity index (χ2n) is 8.67. The zero-order valence-electron chi connectivity index (χ0n) is 18.9. The molecule has 0 N–H and O–H groups in total. The van der Waals surface area contributed by atoms with Gasteiger partial charge in [-0.1, -0.05) is 23.2 Å². The van der Waals surface area contributed by atoms with Gasteiger partial charge in [-0.05, 0) is 19.4 Å². The number of imide groups is 1. The molecule has 5 rings (SSSR count). The van der Waals surface area contributed by atoms with Crippen molar-refractivity contribution in [2.75, 3.05) is 39.9 Å². The third-order valence-electron chi connectivity index (χ3n) is 6.57. The molecule has 1 aromatic carbocycles. The van der Waals surface area contributed by atoms with E-state index in [-0.39, 0.29) is 6.54 Å². The molecule has 1 unspecified atom stereocenters. The Bertz CT molecular complexity index is 1120. The van der Waals surface area contributed by atoms with E-state index in [9.17, 15) is 14.0 Å². The predicted octanol–water partition coefficient (Wildman–Crippen LogP) is 1.62. The Morgan fingerprint density at radius 2 is 1.94 bits per heavy atom. The number of ether oxygens (including phenoxy) is 1. The van der Waals surface area contributed by atoms with Gasteiger partial charge < -0.3 is 4.74 Å². The fourth-order valence-electron chi connectivity index (χ4n) is 4.73. The summed E-state index contributed by atoms with van der Waals surface area (Å²) in [5.41, 5.74) is 1.30. The first-order valence-corrected chi connectivity index (χ1v) is 11.3. The Labute approximate surface area is 191 Å². The van der Waals surface area contributed by atoms with Crippen molar-refractivity contribution < 1.29 is 23.3 Å². The van der Waals surface area contributed by atoms with E-state index in [1.165, 1.54) is 11.0 Å². The van der Waals surface area contributed by atoms with Crippen LogP contribution in [0.4, 0.5) is 15.1 Å². The molecule has 0 saturated carbocycles. The van der Waals surface area contributed by atoms with Crippen LogP contribution in [0.15, 0.2) is 35.5 Å². The fraction of sp³-hybridized carbons (Fsp3) is 0.478. The number of halogens is 1. The van der Waals surface area contributed by atoms with Gasteiger partial charge in [-0.25, -0.2) is 18.3 Å². The lowest BCUT2D eigenvalue weighted by Gasteiger charge is -2.33. The van der Waals surface area contributed by atoms with Crippen LogP contribution in [0.3, 0.4) is 0 Å². The monoisotopic (exact) mass is 455 g/mol. The number of morpholine rings is 1. The van der Waals surface area contributed by atoms with Crippen LogP contribution in [0, 0.1) is 12.7 Å².